The Bertz CT molecular complexity index is 583. The van der Waals surface area contributed by atoms with Crippen LogP contribution in [0.25, 0.3) is 0 Å². The van der Waals surface area contributed by atoms with E-state index in [0.717, 1.165) is 43.7 Å². The first-order valence-electron chi connectivity index (χ1n) is 7.77. The van der Waals surface area contributed by atoms with E-state index >= 15 is 0 Å². The number of carbonyl (C=O) groups excluding carboxylic acids is 1. The summed E-state index contributed by atoms with van der Waals surface area (Å²) in [5.41, 5.74) is 0.0600. The lowest BCUT2D eigenvalue weighted by Gasteiger charge is -2.46. The van der Waals surface area contributed by atoms with E-state index in [1.807, 2.05) is 0 Å². The first kappa shape index (κ1) is 13.0. The van der Waals surface area contributed by atoms with Crippen molar-refractivity contribution in [3.8, 4) is 11.5 Å². The second-order valence-corrected chi connectivity index (χ2v) is 6.17. The Morgan fingerprint density at radius 1 is 1.29 bits per heavy atom. The lowest BCUT2D eigenvalue weighted by atomic mass is 9.82. The summed E-state index contributed by atoms with van der Waals surface area (Å²) in [6.45, 7) is 2.45. The summed E-state index contributed by atoms with van der Waals surface area (Å²) < 4.78 is 6.21. The van der Waals surface area contributed by atoms with Crippen LogP contribution < -0.4 is 10.1 Å². The number of rotatable bonds is 1. The molecule has 3 aliphatic heterocycles. The van der Waals surface area contributed by atoms with Gasteiger partial charge < -0.3 is 15.2 Å². The predicted octanol–water partition coefficient (Wildman–Crippen LogP) is 1.57. The SMILES string of the molecule is O=C1NCCC2c3cc(O)ccc3OC12N1CCCCC1. The molecule has 2 unspecified atom stereocenters. The molecule has 21 heavy (non-hydrogen) atoms. The minimum atomic E-state index is -0.908. The zero-order chi connectivity index (χ0) is 14.4. The van der Waals surface area contributed by atoms with Gasteiger partial charge in [-0.15, -0.1) is 0 Å². The van der Waals surface area contributed by atoms with Crippen molar-refractivity contribution >= 4 is 5.91 Å². The number of benzene rings is 1. The van der Waals surface area contributed by atoms with Crippen molar-refractivity contribution in [3.05, 3.63) is 23.8 Å². The molecular formula is C16H20N2O3. The van der Waals surface area contributed by atoms with Gasteiger partial charge in [0, 0.05) is 25.2 Å². The van der Waals surface area contributed by atoms with Gasteiger partial charge in [-0.05, 0) is 37.5 Å². The number of likely N-dealkylation sites (tertiary alicyclic amines) is 1. The molecule has 1 amide bonds. The lowest BCUT2D eigenvalue weighted by Crippen LogP contribution is -2.67. The molecule has 0 saturated carbocycles. The largest absolute Gasteiger partial charge is 0.508 e. The lowest BCUT2D eigenvalue weighted by molar-refractivity contribution is -0.164. The standard InChI is InChI=1S/C16H20N2O3/c19-11-4-5-14-12(10-11)13-6-7-17-15(20)16(13,21-14)18-8-2-1-3-9-18/h4-5,10,13,19H,1-3,6-9H2,(H,17,20). The number of aromatic hydroxyl groups is 1. The molecule has 0 aliphatic carbocycles. The van der Waals surface area contributed by atoms with Crippen LogP contribution in [-0.2, 0) is 4.79 Å². The van der Waals surface area contributed by atoms with Crippen molar-refractivity contribution in [2.45, 2.75) is 37.3 Å². The van der Waals surface area contributed by atoms with E-state index in [1.165, 1.54) is 6.42 Å². The molecular weight excluding hydrogens is 268 g/mol. The van der Waals surface area contributed by atoms with E-state index in [4.69, 9.17) is 4.74 Å². The summed E-state index contributed by atoms with van der Waals surface area (Å²) in [4.78, 5) is 14.9. The summed E-state index contributed by atoms with van der Waals surface area (Å²) in [6, 6.07) is 5.16. The highest BCUT2D eigenvalue weighted by Gasteiger charge is 2.59. The maximum Gasteiger partial charge on any atom is 0.280 e. The number of hydrogen-bond donors (Lipinski definition) is 2. The third kappa shape index (κ3) is 1.77. The maximum atomic E-state index is 12.7. The quantitative estimate of drug-likeness (QED) is 0.823. The monoisotopic (exact) mass is 288 g/mol. The fourth-order valence-corrected chi connectivity index (χ4v) is 4.02. The highest BCUT2D eigenvalue weighted by Crippen LogP contribution is 2.51. The third-order valence-electron chi connectivity index (χ3n) is 4.98. The van der Waals surface area contributed by atoms with E-state index in [-0.39, 0.29) is 17.6 Å². The number of carbonyl (C=O) groups is 1. The number of fused-ring (bicyclic) bond motifs is 3. The Balaban J connectivity index is 1.80. The molecule has 1 aromatic rings. The van der Waals surface area contributed by atoms with Crippen LogP contribution in [0.4, 0.5) is 0 Å². The Morgan fingerprint density at radius 2 is 2.10 bits per heavy atom. The topological polar surface area (TPSA) is 61.8 Å². The van der Waals surface area contributed by atoms with Crippen LogP contribution >= 0.6 is 0 Å². The van der Waals surface area contributed by atoms with Crippen molar-refractivity contribution in [2.24, 2.45) is 0 Å². The van der Waals surface area contributed by atoms with Crippen molar-refractivity contribution in [1.29, 1.82) is 0 Å². The molecule has 112 valence electrons. The van der Waals surface area contributed by atoms with Crippen molar-refractivity contribution < 1.29 is 14.6 Å². The van der Waals surface area contributed by atoms with Crippen LogP contribution in [-0.4, -0.2) is 41.3 Å². The van der Waals surface area contributed by atoms with Crippen LogP contribution in [0.3, 0.4) is 0 Å². The van der Waals surface area contributed by atoms with Crippen molar-refractivity contribution in [1.82, 2.24) is 10.2 Å². The number of ether oxygens (including phenoxy) is 1. The number of piperidine rings is 2. The minimum Gasteiger partial charge on any atom is -0.508 e. The van der Waals surface area contributed by atoms with Gasteiger partial charge >= 0.3 is 0 Å². The van der Waals surface area contributed by atoms with E-state index in [0.29, 0.717) is 6.54 Å². The van der Waals surface area contributed by atoms with Crippen LogP contribution in [0.5, 0.6) is 11.5 Å². The molecule has 5 nitrogen and oxygen atoms in total. The van der Waals surface area contributed by atoms with Gasteiger partial charge in [0.05, 0.1) is 5.92 Å². The number of phenols is 1. The Hall–Kier alpha value is -1.75. The molecule has 0 aromatic heterocycles. The highest BCUT2D eigenvalue weighted by molar-refractivity contribution is 5.88. The number of phenolic OH excluding ortho intramolecular Hbond substituents is 1. The van der Waals surface area contributed by atoms with E-state index in [9.17, 15) is 9.90 Å². The summed E-state index contributed by atoms with van der Waals surface area (Å²) in [6.07, 6.45) is 4.27. The molecule has 3 heterocycles. The molecule has 0 spiro atoms. The molecule has 2 atom stereocenters. The molecule has 5 heteroatoms. The molecule has 0 radical (unpaired) electrons. The normalized spacial score (nSPS) is 32.0. The summed E-state index contributed by atoms with van der Waals surface area (Å²) in [5.74, 6) is 0.945. The van der Waals surface area contributed by atoms with Gasteiger partial charge in [0.2, 0.25) is 5.72 Å². The maximum absolute atomic E-state index is 12.7. The van der Waals surface area contributed by atoms with Gasteiger partial charge in [0.1, 0.15) is 11.5 Å². The van der Waals surface area contributed by atoms with Gasteiger partial charge in [-0.3, -0.25) is 9.69 Å². The van der Waals surface area contributed by atoms with Gasteiger partial charge in [-0.1, -0.05) is 6.42 Å². The zero-order valence-corrected chi connectivity index (χ0v) is 12.0. The third-order valence-corrected chi connectivity index (χ3v) is 4.98. The average Bonchev–Trinajstić information content (AvgIpc) is 2.85. The Kier molecular flexibility index (Phi) is 2.85. The number of nitrogens with one attached hydrogen (secondary N) is 1. The van der Waals surface area contributed by atoms with Gasteiger partial charge in [-0.25, -0.2) is 0 Å². The van der Waals surface area contributed by atoms with Crippen LogP contribution in [0.15, 0.2) is 18.2 Å². The first-order chi connectivity index (χ1) is 10.2. The van der Waals surface area contributed by atoms with Gasteiger partial charge in [0.25, 0.3) is 5.91 Å². The summed E-state index contributed by atoms with van der Waals surface area (Å²) in [5, 5.41) is 12.8. The summed E-state index contributed by atoms with van der Waals surface area (Å²) >= 11 is 0. The Labute approximate surface area is 123 Å². The van der Waals surface area contributed by atoms with Gasteiger partial charge in [0.15, 0.2) is 0 Å². The van der Waals surface area contributed by atoms with Gasteiger partial charge in [-0.2, -0.15) is 0 Å². The molecule has 0 bridgehead atoms. The van der Waals surface area contributed by atoms with E-state index < -0.39 is 5.72 Å². The zero-order valence-electron chi connectivity index (χ0n) is 12.0. The highest BCUT2D eigenvalue weighted by atomic mass is 16.5. The fraction of sp³-hybridized carbons (Fsp3) is 0.562. The molecule has 4 rings (SSSR count). The van der Waals surface area contributed by atoms with E-state index in [1.54, 1.807) is 18.2 Å². The molecule has 1 aromatic carbocycles. The fourth-order valence-electron chi connectivity index (χ4n) is 4.02. The number of hydrogen-bond acceptors (Lipinski definition) is 4. The first-order valence-corrected chi connectivity index (χ1v) is 7.77. The summed E-state index contributed by atoms with van der Waals surface area (Å²) in [7, 11) is 0. The number of amides is 1. The van der Waals surface area contributed by atoms with Crippen LogP contribution in [0.1, 0.15) is 37.2 Å². The van der Waals surface area contributed by atoms with Crippen LogP contribution in [0.2, 0.25) is 0 Å². The van der Waals surface area contributed by atoms with Crippen LogP contribution in [0, 0.1) is 0 Å². The second-order valence-electron chi connectivity index (χ2n) is 6.17. The molecule has 2 fully saturated rings. The minimum absolute atomic E-state index is 0.00597. The van der Waals surface area contributed by atoms with Crippen molar-refractivity contribution in [2.75, 3.05) is 19.6 Å². The molecule has 3 aliphatic rings. The smallest absolute Gasteiger partial charge is 0.280 e. The Morgan fingerprint density at radius 3 is 2.90 bits per heavy atom. The van der Waals surface area contributed by atoms with Crippen molar-refractivity contribution in [3.63, 3.8) is 0 Å². The second kappa shape index (κ2) is 4.63. The number of nitrogens with zero attached hydrogens (tertiary/aromatic N) is 1. The van der Waals surface area contributed by atoms with E-state index in [2.05, 4.69) is 10.2 Å². The predicted molar refractivity (Wildman–Crippen MR) is 77.3 cm³/mol. The molecule has 2 N–H and O–H groups in total. The molecule has 2 saturated heterocycles. The average molecular weight is 288 g/mol.